The Morgan fingerprint density at radius 2 is 1.95 bits per heavy atom. The number of anilines is 1. The number of hydrogen-bond donors (Lipinski definition) is 1. The van der Waals surface area contributed by atoms with E-state index in [1.54, 1.807) is 0 Å². The van der Waals surface area contributed by atoms with Gasteiger partial charge in [-0.05, 0) is 19.3 Å². The van der Waals surface area contributed by atoms with Gasteiger partial charge in [0.15, 0.2) is 5.65 Å². The number of rotatable bonds is 5. The highest BCUT2D eigenvalue weighted by Gasteiger charge is 2.23. The molecule has 2 N–H and O–H groups in total. The van der Waals surface area contributed by atoms with Gasteiger partial charge in [0.25, 0.3) is 0 Å². The molecule has 0 aromatic carbocycles. The van der Waals surface area contributed by atoms with E-state index >= 15 is 0 Å². The van der Waals surface area contributed by atoms with Crippen LogP contribution in [0.3, 0.4) is 0 Å². The number of imidazole rings is 1. The summed E-state index contributed by atoms with van der Waals surface area (Å²) in [6.45, 7) is 8.82. The lowest BCUT2D eigenvalue weighted by Crippen LogP contribution is -2.17. The fraction of sp³-hybridized carbons (Fsp3) is 0.714. The van der Waals surface area contributed by atoms with Crippen LogP contribution in [0.25, 0.3) is 11.2 Å². The highest BCUT2D eigenvalue weighted by atomic mass is 15.4. The molecule has 0 aliphatic rings. The molecule has 0 bridgehead atoms. The molecule has 0 amide bonds. The Balaban J connectivity index is 2.58. The van der Waals surface area contributed by atoms with E-state index in [4.69, 9.17) is 5.73 Å². The Morgan fingerprint density at radius 1 is 1.26 bits per heavy atom. The van der Waals surface area contributed by atoms with Crippen LogP contribution in [0.1, 0.15) is 52.3 Å². The van der Waals surface area contributed by atoms with Crippen molar-refractivity contribution in [1.29, 1.82) is 0 Å². The zero-order chi connectivity index (χ0) is 14.2. The predicted molar refractivity (Wildman–Crippen MR) is 79.1 cm³/mol. The van der Waals surface area contributed by atoms with Gasteiger partial charge < -0.3 is 5.73 Å². The molecule has 0 radical (unpaired) electrons. The molecule has 5 nitrogen and oxygen atoms in total. The first-order chi connectivity index (χ1) is 9.01. The molecule has 2 atom stereocenters. The number of hydrogen-bond acceptors (Lipinski definition) is 3. The summed E-state index contributed by atoms with van der Waals surface area (Å²) in [7, 11) is 1.97. The maximum atomic E-state index is 6.14. The normalized spacial score (nSPS) is 15.0. The first-order valence-corrected chi connectivity index (χ1v) is 7.20. The van der Waals surface area contributed by atoms with Gasteiger partial charge in [-0.1, -0.05) is 33.6 Å². The van der Waals surface area contributed by atoms with Gasteiger partial charge in [-0.2, -0.15) is 5.10 Å². The summed E-state index contributed by atoms with van der Waals surface area (Å²) >= 11 is 0. The van der Waals surface area contributed by atoms with Crippen LogP contribution < -0.4 is 5.73 Å². The number of nitrogen functional groups attached to an aromatic ring is 1. The summed E-state index contributed by atoms with van der Waals surface area (Å²) < 4.78 is 4.05. The SMILES string of the molecule is CCCc1nn(C)c2c1nc(N)n2C(C)C(C)CC. The number of aryl methyl sites for hydroxylation is 2. The topological polar surface area (TPSA) is 61.7 Å². The smallest absolute Gasteiger partial charge is 0.202 e. The summed E-state index contributed by atoms with van der Waals surface area (Å²) in [4.78, 5) is 4.55. The molecule has 2 unspecified atom stereocenters. The first kappa shape index (κ1) is 13.9. The third-order valence-corrected chi connectivity index (χ3v) is 4.13. The van der Waals surface area contributed by atoms with E-state index in [1.807, 2.05) is 11.7 Å². The van der Waals surface area contributed by atoms with Crippen LogP contribution in [0.4, 0.5) is 5.95 Å². The van der Waals surface area contributed by atoms with Crippen LogP contribution in [-0.4, -0.2) is 19.3 Å². The molecule has 2 aromatic heterocycles. The summed E-state index contributed by atoms with van der Waals surface area (Å²) in [6.07, 6.45) is 3.14. The third kappa shape index (κ3) is 2.22. The van der Waals surface area contributed by atoms with E-state index in [0.717, 1.165) is 36.1 Å². The summed E-state index contributed by atoms with van der Waals surface area (Å²) in [5, 5.41) is 4.59. The Hall–Kier alpha value is -1.52. The number of nitrogens with zero attached hydrogens (tertiary/aromatic N) is 4. The Kier molecular flexibility index (Phi) is 3.83. The minimum atomic E-state index is 0.333. The lowest BCUT2D eigenvalue weighted by atomic mass is 10.0. The monoisotopic (exact) mass is 263 g/mol. The third-order valence-electron chi connectivity index (χ3n) is 4.13. The zero-order valence-corrected chi connectivity index (χ0v) is 12.6. The van der Waals surface area contributed by atoms with Gasteiger partial charge in [0, 0.05) is 13.1 Å². The molecule has 0 spiro atoms. The van der Waals surface area contributed by atoms with Crippen molar-refractivity contribution in [2.75, 3.05) is 5.73 Å². The lowest BCUT2D eigenvalue weighted by molar-refractivity contribution is 0.377. The molecular formula is C14H25N5. The van der Waals surface area contributed by atoms with Crippen molar-refractivity contribution >= 4 is 17.1 Å². The van der Waals surface area contributed by atoms with E-state index in [2.05, 4.69) is 42.3 Å². The van der Waals surface area contributed by atoms with E-state index in [9.17, 15) is 0 Å². The van der Waals surface area contributed by atoms with Crippen LogP contribution in [0.2, 0.25) is 0 Å². The summed E-state index contributed by atoms with van der Waals surface area (Å²) in [6, 6.07) is 0.333. The summed E-state index contributed by atoms with van der Waals surface area (Å²) in [5.74, 6) is 1.16. The van der Waals surface area contributed by atoms with Crippen LogP contribution >= 0.6 is 0 Å². The molecule has 0 aliphatic carbocycles. The Morgan fingerprint density at radius 3 is 2.53 bits per heavy atom. The van der Waals surface area contributed by atoms with Crippen molar-refractivity contribution in [2.24, 2.45) is 13.0 Å². The van der Waals surface area contributed by atoms with Gasteiger partial charge in [-0.3, -0.25) is 9.25 Å². The molecule has 5 heteroatoms. The fourth-order valence-electron chi connectivity index (χ4n) is 2.62. The average Bonchev–Trinajstić information content (AvgIpc) is 2.86. The first-order valence-electron chi connectivity index (χ1n) is 7.20. The minimum absolute atomic E-state index is 0.333. The molecule has 0 saturated carbocycles. The van der Waals surface area contributed by atoms with Crippen LogP contribution in [0.5, 0.6) is 0 Å². The quantitative estimate of drug-likeness (QED) is 0.902. The standard InChI is InChI=1S/C14H25N5/c1-6-8-11-12-13(18(5)17-11)19(14(15)16-12)10(4)9(3)7-2/h9-10H,6-8H2,1-5H3,(H2,15,16). The maximum absolute atomic E-state index is 6.14. The summed E-state index contributed by atoms with van der Waals surface area (Å²) in [5.41, 5.74) is 9.21. The maximum Gasteiger partial charge on any atom is 0.202 e. The van der Waals surface area contributed by atoms with Gasteiger partial charge in [0.2, 0.25) is 5.95 Å². The van der Waals surface area contributed by atoms with Crippen molar-refractivity contribution in [3.8, 4) is 0 Å². The Bertz CT molecular complexity index is 566. The fourth-order valence-corrected chi connectivity index (χ4v) is 2.62. The Labute approximate surface area is 114 Å². The average molecular weight is 263 g/mol. The van der Waals surface area contributed by atoms with Crippen molar-refractivity contribution in [1.82, 2.24) is 19.3 Å². The second-order valence-electron chi connectivity index (χ2n) is 5.46. The van der Waals surface area contributed by atoms with E-state index in [0.29, 0.717) is 17.9 Å². The van der Waals surface area contributed by atoms with E-state index in [1.165, 1.54) is 0 Å². The molecule has 106 valence electrons. The molecule has 2 heterocycles. The molecule has 19 heavy (non-hydrogen) atoms. The second kappa shape index (κ2) is 5.23. The number of fused-ring (bicyclic) bond motifs is 1. The van der Waals surface area contributed by atoms with Crippen molar-refractivity contribution < 1.29 is 0 Å². The van der Waals surface area contributed by atoms with Crippen molar-refractivity contribution in [2.45, 2.75) is 53.0 Å². The number of aromatic nitrogens is 4. The molecule has 2 aromatic rings. The highest BCUT2D eigenvalue weighted by Crippen LogP contribution is 2.30. The van der Waals surface area contributed by atoms with Crippen molar-refractivity contribution in [3.05, 3.63) is 5.69 Å². The van der Waals surface area contributed by atoms with Gasteiger partial charge in [-0.25, -0.2) is 4.98 Å². The predicted octanol–water partition coefficient (Wildman–Crippen LogP) is 2.91. The minimum Gasteiger partial charge on any atom is -0.369 e. The largest absolute Gasteiger partial charge is 0.369 e. The van der Waals surface area contributed by atoms with Gasteiger partial charge in [0.05, 0.1) is 5.69 Å². The zero-order valence-electron chi connectivity index (χ0n) is 12.6. The van der Waals surface area contributed by atoms with Crippen LogP contribution in [-0.2, 0) is 13.5 Å². The molecule has 0 aliphatic heterocycles. The van der Waals surface area contributed by atoms with Gasteiger partial charge >= 0.3 is 0 Å². The molecular weight excluding hydrogens is 238 g/mol. The van der Waals surface area contributed by atoms with Gasteiger partial charge in [-0.15, -0.1) is 0 Å². The highest BCUT2D eigenvalue weighted by molar-refractivity contribution is 5.78. The van der Waals surface area contributed by atoms with Crippen molar-refractivity contribution in [3.63, 3.8) is 0 Å². The van der Waals surface area contributed by atoms with E-state index < -0.39 is 0 Å². The van der Waals surface area contributed by atoms with E-state index in [-0.39, 0.29) is 0 Å². The molecule has 0 saturated heterocycles. The lowest BCUT2D eigenvalue weighted by Gasteiger charge is -2.21. The molecule has 2 rings (SSSR count). The second-order valence-corrected chi connectivity index (χ2v) is 5.46. The van der Waals surface area contributed by atoms with Crippen LogP contribution in [0.15, 0.2) is 0 Å². The van der Waals surface area contributed by atoms with Crippen LogP contribution in [0, 0.1) is 5.92 Å². The van der Waals surface area contributed by atoms with Gasteiger partial charge in [0.1, 0.15) is 5.52 Å². The number of nitrogens with two attached hydrogens (primary N) is 1. The molecule has 0 fully saturated rings.